The summed E-state index contributed by atoms with van der Waals surface area (Å²) in [5, 5.41) is 14.5. The molecule has 0 aromatic carbocycles. The highest BCUT2D eigenvalue weighted by Gasteiger charge is 1.75. The van der Waals surface area contributed by atoms with E-state index in [1.165, 1.54) is 12.1 Å². The summed E-state index contributed by atoms with van der Waals surface area (Å²) in [6.07, 6.45) is 1.88. The van der Waals surface area contributed by atoms with E-state index in [0.717, 1.165) is 6.54 Å². The van der Waals surface area contributed by atoms with Gasteiger partial charge < -0.3 is 4.90 Å². The number of hydrogen-bond donors (Lipinski definition) is 0. The van der Waals surface area contributed by atoms with Gasteiger partial charge in [0.1, 0.15) is 0 Å². The van der Waals surface area contributed by atoms with E-state index in [1.807, 2.05) is 20.2 Å². The van der Waals surface area contributed by atoms with Crippen LogP contribution < -0.4 is 0 Å². The molecule has 0 atom stereocenters. The van der Waals surface area contributed by atoms with Crippen LogP contribution in [0.4, 0.5) is 0 Å². The molecule has 0 radical (unpaired) electrons. The zero-order valence-electron chi connectivity index (χ0n) is 6.33. The highest BCUT2D eigenvalue weighted by molar-refractivity contribution is 4.99. The maximum Gasteiger partial charge on any atom is 0.181 e. The first kappa shape index (κ1) is 11.5. The van der Waals surface area contributed by atoms with Gasteiger partial charge >= 0.3 is 0 Å². The topological polar surface area (TPSA) is 50.8 Å². The van der Waals surface area contributed by atoms with E-state index in [-0.39, 0.29) is 0 Å². The summed E-state index contributed by atoms with van der Waals surface area (Å²) in [6.45, 7) is 4.53. The Hall–Kier alpha value is -1.32. The Bertz CT molecular complexity index is 135. The normalized spacial score (nSPS) is 6.50. The first-order valence-corrected chi connectivity index (χ1v) is 2.72. The van der Waals surface area contributed by atoms with Crippen LogP contribution in [0.15, 0.2) is 12.7 Å². The van der Waals surface area contributed by atoms with Crippen LogP contribution in [-0.4, -0.2) is 25.5 Å². The molecule has 10 heavy (non-hydrogen) atoms. The summed E-state index contributed by atoms with van der Waals surface area (Å²) in [7, 11) is 4.03. The van der Waals surface area contributed by atoms with Gasteiger partial charge in [0.2, 0.25) is 0 Å². The Kier molecular flexibility index (Phi) is 12.2. The number of likely N-dealkylation sites (N-methyl/N-ethyl adjacent to an activating group) is 1. The molecule has 0 saturated heterocycles. The van der Waals surface area contributed by atoms with Crippen LogP contribution in [0.5, 0.6) is 0 Å². The number of nitrogens with zero attached hydrogens (tertiary/aromatic N) is 3. The van der Waals surface area contributed by atoms with Gasteiger partial charge in [-0.1, -0.05) is 6.08 Å². The molecule has 0 aromatic rings. The summed E-state index contributed by atoms with van der Waals surface area (Å²) in [6, 6.07) is 2.47. The molecule has 0 heterocycles. The van der Waals surface area contributed by atoms with E-state index in [4.69, 9.17) is 10.5 Å². The standard InChI is InChI=1S/C5H11N.C2N2/c1-4-5-6(2)3;3-1-2-4/h4H,1,5H2,2-3H3;. The fourth-order valence-electron chi connectivity index (χ4n) is 0.258. The number of nitriles is 2. The van der Waals surface area contributed by atoms with Crippen molar-refractivity contribution in [3.63, 3.8) is 0 Å². The van der Waals surface area contributed by atoms with Crippen LogP contribution >= 0.6 is 0 Å². The van der Waals surface area contributed by atoms with Crippen LogP contribution in [0.25, 0.3) is 0 Å². The molecule has 0 spiro atoms. The van der Waals surface area contributed by atoms with Crippen molar-refractivity contribution in [2.45, 2.75) is 0 Å². The molecule has 0 amide bonds. The van der Waals surface area contributed by atoms with Crippen molar-refractivity contribution < 1.29 is 0 Å². The Morgan fingerprint density at radius 2 is 1.80 bits per heavy atom. The van der Waals surface area contributed by atoms with E-state index in [0.29, 0.717) is 0 Å². The molecule has 0 N–H and O–H groups in total. The molecule has 0 saturated carbocycles. The Morgan fingerprint density at radius 1 is 1.40 bits per heavy atom. The average molecular weight is 137 g/mol. The lowest BCUT2D eigenvalue weighted by atomic mass is 10.6. The van der Waals surface area contributed by atoms with Gasteiger partial charge in [0, 0.05) is 6.54 Å². The molecule has 3 nitrogen and oxygen atoms in total. The zero-order valence-corrected chi connectivity index (χ0v) is 6.33. The van der Waals surface area contributed by atoms with Crippen molar-refractivity contribution in [2.24, 2.45) is 0 Å². The Morgan fingerprint density at radius 3 is 1.80 bits per heavy atom. The molecule has 0 aliphatic carbocycles. The van der Waals surface area contributed by atoms with E-state index < -0.39 is 0 Å². The molecule has 0 aromatic heterocycles. The van der Waals surface area contributed by atoms with Crippen LogP contribution in [0.2, 0.25) is 0 Å². The quantitative estimate of drug-likeness (QED) is 0.528. The predicted molar refractivity (Wildman–Crippen MR) is 40.0 cm³/mol. The van der Waals surface area contributed by atoms with Crippen molar-refractivity contribution in [3.8, 4) is 12.1 Å². The van der Waals surface area contributed by atoms with Crippen molar-refractivity contribution >= 4 is 0 Å². The van der Waals surface area contributed by atoms with Gasteiger partial charge in [0.25, 0.3) is 0 Å². The van der Waals surface area contributed by atoms with E-state index >= 15 is 0 Å². The minimum atomic E-state index is 0.972. The average Bonchev–Trinajstić information content (AvgIpc) is 1.89. The zero-order chi connectivity index (χ0) is 8.41. The van der Waals surface area contributed by atoms with E-state index in [9.17, 15) is 0 Å². The van der Waals surface area contributed by atoms with E-state index in [1.54, 1.807) is 0 Å². The molecular weight excluding hydrogens is 126 g/mol. The third kappa shape index (κ3) is 30.0. The summed E-state index contributed by atoms with van der Waals surface area (Å²) in [4.78, 5) is 2.06. The van der Waals surface area contributed by atoms with Gasteiger partial charge in [0.15, 0.2) is 12.1 Å². The largest absolute Gasteiger partial charge is 0.306 e. The fourth-order valence-corrected chi connectivity index (χ4v) is 0.258. The molecule has 0 unspecified atom stereocenters. The molecule has 0 bridgehead atoms. The molecule has 54 valence electrons. The molecule has 0 rings (SSSR count). The molecular formula is C7H11N3. The van der Waals surface area contributed by atoms with Gasteiger partial charge in [-0.3, -0.25) is 0 Å². The Balaban J connectivity index is 0. The number of hydrogen-bond acceptors (Lipinski definition) is 3. The highest BCUT2D eigenvalue weighted by Crippen LogP contribution is 1.69. The molecule has 3 heteroatoms. The van der Waals surface area contributed by atoms with Crippen LogP contribution in [-0.2, 0) is 0 Å². The van der Waals surface area contributed by atoms with Gasteiger partial charge in [-0.05, 0) is 14.1 Å². The van der Waals surface area contributed by atoms with Crippen molar-refractivity contribution in [2.75, 3.05) is 20.6 Å². The van der Waals surface area contributed by atoms with Gasteiger partial charge in [-0.25, -0.2) is 0 Å². The first-order chi connectivity index (χ1) is 4.68. The molecule has 0 aliphatic rings. The second-order valence-corrected chi connectivity index (χ2v) is 1.77. The Labute approximate surface area is 61.8 Å². The molecule has 0 aliphatic heterocycles. The van der Waals surface area contributed by atoms with Crippen molar-refractivity contribution in [1.29, 1.82) is 10.5 Å². The van der Waals surface area contributed by atoms with Crippen LogP contribution in [0, 0.1) is 22.7 Å². The second-order valence-electron chi connectivity index (χ2n) is 1.77. The van der Waals surface area contributed by atoms with Crippen molar-refractivity contribution in [1.82, 2.24) is 4.90 Å². The van der Waals surface area contributed by atoms with Crippen molar-refractivity contribution in [3.05, 3.63) is 12.7 Å². The van der Waals surface area contributed by atoms with Crippen LogP contribution in [0.1, 0.15) is 0 Å². The van der Waals surface area contributed by atoms with Gasteiger partial charge in [-0.15, -0.1) is 6.58 Å². The minimum Gasteiger partial charge on any atom is -0.306 e. The summed E-state index contributed by atoms with van der Waals surface area (Å²) in [5.74, 6) is 0. The fraction of sp³-hybridized carbons (Fsp3) is 0.429. The lowest BCUT2D eigenvalue weighted by molar-refractivity contribution is 0.457. The predicted octanol–water partition coefficient (Wildman–Crippen LogP) is 0.768. The summed E-state index contributed by atoms with van der Waals surface area (Å²) >= 11 is 0. The second kappa shape index (κ2) is 10.6. The maximum absolute atomic E-state index is 7.26. The number of rotatable bonds is 2. The maximum atomic E-state index is 7.26. The highest BCUT2D eigenvalue weighted by atomic mass is 15.0. The van der Waals surface area contributed by atoms with E-state index in [2.05, 4.69) is 11.5 Å². The smallest absolute Gasteiger partial charge is 0.181 e. The summed E-state index contributed by atoms with van der Waals surface area (Å²) in [5.41, 5.74) is 0. The minimum absolute atomic E-state index is 0.972. The third-order valence-corrected chi connectivity index (χ3v) is 0.544. The first-order valence-electron chi connectivity index (χ1n) is 2.72. The third-order valence-electron chi connectivity index (χ3n) is 0.544. The lowest BCUT2D eigenvalue weighted by Gasteiger charge is -2.01. The van der Waals surface area contributed by atoms with Crippen LogP contribution in [0.3, 0.4) is 0 Å². The molecule has 0 fully saturated rings. The monoisotopic (exact) mass is 137 g/mol. The lowest BCUT2D eigenvalue weighted by Crippen LogP contribution is -2.09. The summed E-state index contributed by atoms with van der Waals surface area (Å²) < 4.78 is 0. The van der Waals surface area contributed by atoms with Gasteiger partial charge in [-0.2, -0.15) is 10.5 Å². The SMILES string of the molecule is C=CCN(C)C.N#CC#N. The van der Waals surface area contributed by atoms with Gasteiger partial charge in [0.05, 0.1) is 0 Å².